The third-order valence-corrected chi connectivity index (χ3v) is 2.20. The highest BCUT2D eigenvalue weighted by Crippen LogP contribution is 2.35. The number of hydrogen-bond acceptors (Lipinski definition) is 2. The lowest BCUT2D eigenvalue weighted by atomic mass is 10.5. The Kier molecular flexibility index (Phi) is 2.86. The maximum atomic E-state index is 10.4. The normalized spacial score (nSPS) is 11.4. The quantitative estimate of drug-likeness (QED) is 0.552. The summed E-state index contributed by atoms with van der Waals surface area (Å²) in [5.74, 6) is 0.221. The first kappa shape index (κ1) is 8.32. The zero-order valence-corrected chi connectivity index (χ0v) is 7.18. The van der Waals surface area contributed by atoms with E-state index in [0.29, 0.717) is 6.16 Å². The molecule has 0 bridgehead atoms. The van der Waals surface area contributed by atoms with Crippen LogP contribution in [-0.2, 0) is 16.6 Å². The molecule has 0 N–H and O–H groups in total. The van der Waals surface area contributed by atoms with Crippen molar-refractivity contribution in [2.75, 3.05) is 19.5 Å². The molecule has 0 aromatic rings. The highest BCUT2D eigenvalue weighted by molar-refractivity contribution is 8.14. The van der Waals surface area contributed by atoms with Gasteiger partial charge >= 0.3 is 0 Å². The van der Waals surface area contributed by atoms with Crippen molar-refractivity contribution in [1.29, 1.82) is 0 Å². The van der Waals surface area contributed by atoms with Gasteiger partial charge in [-0.15, -0.1) is 0 Å². The SMILES string of the molecule is CC(=O)CP(C)(C)=S. The molecule has 0 aliphatic rings. The van der Waals surface area contributed by atoms with Crippen molar-refractivity contribution in [1.82, 2.24) is 0 Å². The van der Waals surface area contributed by atoms with Gasteiger partial charge in [-0.25, -0.2) is 0 Å². The highest BCUT2D eigenvalue weighted by atomic mass is 32.4. The largest absolute Gasteiger partial charge is 0.300 e. The molecule has 0 aromatic heterocycles. The summed E-state index contributed by atoms with van der Waals surface area (Å²) in [5, 5.41) is 0. The lowest BCUT2D eigenvalue weighted by molar-refractivity contribution is -0.114. The van der Waals surface area contributed by atoms with Crippen molar-refractivity contribution in [3.63, 3.8) is 0 Å². The average Bonchev–Trinajstić information content (AvgIpc) is 1.21. The van der Waals surface area contributed by atoms with Gasteiger partial charge in [-0.2, -0.15) is 0 Å². The zero-order chi connectivity index (χ0) is 6.78. The van der Waals surface area contributed by atoms with Crippen molar-refractivity contribution in [3.05, 3.63) is 0 Å². The molecule has 1 nitrogen and oxygen atoms in total. The third kappa shape index (κ3) is 6.32. The fourth-order valence-electron chi connectivity index (χ4n) is 0.536. The molecule has 0 atom stereocenters. The zero-order valence-electron chi connectivity index (χ0n) is 5.47. The number of rotatable bonds is 2. The van der Waals surface area contributed by atoms with Crippen LogP contribution in [0.1, 0.15) is 6.92 Å². The van der Waals surface area contributed by atoms with E-state index in [4.69, 9.17) is 11.8 Å². The summed E-state index contributed by atoms with van der Waals surface area (Å²) in [6, 6.07) is -1.24. The van der Waals surface area contributed by atoms with Crippen LogP contribution in [0.3, 0.4) is 0 Å². The van der Waals surface area contributed by atoms with Gasteiger partial charge in [0.15, 0.2) is 0 Å². The summed E-state index contributed by atoms with van der Waals surface area (Å²) in [7, 11) is 0. The van der Waals surface area contributed by atoms with E-state index in [1.165, 1.54) is 0 Å². The van der Waals surface area contributed by atoms with Crippen LogP contribution in [0.15, 0.2) is 0 Å². The van der Waals surface area contributed by atoms with Crippen LogP contribution >= 0.6 is 6.04 Å². The van der Waals surface area contributed by atoms with E-state index in [0.717, 1.165) is 0 Å². The number of hydrogen-bond donors (Lipinski definition) is 0. The van der Waals surface area contributed by atoms with E-state index < -0.39 is 6.04 Å². The Morgan fingerprint density at radius 3 is 2.00 bits per heavy atom. The summed E-state index contributed by atoms with van der Waals surface area (Å²) in [6.07, 6.45) is 0.613. The predicted molar refractivity (Wildman–Crippen MR) is 41.7 cm³/mol. The van der Waals surface area contributed by atoms with Gasteiger partial charge < -0.3 is 0 Å². The average molecular weight is 150 g/mol. The van der Waals surface area contributed by atoms with E-state index in [1.54, 1.807) is 6.92 Å². The second kappa shape index (κ2) is 2.75. The lowest BCUT2D eigenvalue weighted by Gasteiger charge is -2.04. The second-order valence-electron chi connectivity index (χ2n) is 2.43. The molecule has 3 heteroatoms. The van der Waals surface area contributed by atoms with Crippen molar-refractivity contribution < 1.29 is 4.79 Å². The standard InChI is InChI=1S/C5H11OPS/c1-5(6)4-7(2,3)8/h4H2,1-3H3. The first-order valence-electron chi connectivity index (χ1n) is 2.45. The van der Waals surface area contributed by atoms with Crippen molar-refractivity contribution in [2.45, 2.75) is 6.92 Å². The fourth-order valence-corrected chi connectivity index (χ4v) is 2.15. The molecule has 0 aliphatic heterocycles. The van der Waals surface area contributed by atoms with Gasteiger partial charge in [-0.3, -0.25) is 4.79 Å². The smallest absolute Gasteiger partial charge is 0.134 e. The van der Waals surface area contributed by atoms with Gasteiger partial charge in [-0.05, 0) is 26.3 Å². The first-order chi connectivity index (χ1) is 3.42. The summed E-state index contributed by atoms with van der Waals surface area (Å²) in [6.45, 7) is 5.57. The Hall–Kier alpha value is 0.320. The predicted octanol–water partition coefficient (Wildman–Crippen LogP) is 1.31. The third-order valence-electron chi connectivity index (χ3n) is 0.603. The monoisotopic (exact) mass is 150 g/mol. The number of carbonyl (C=O) groups is 1. The molecule has 0 radical (unpaired) electrons. The van der Waals surface area contributed by atoms with Crippen LogP contribution in [-0.4, -0.2) is 25.3 Å². The molecule has 0 fully saturated rings. The summed E-state index contributed by atoms with van der Waals surface area (Å²) < 4.78 is 0. The van der Waals surface area contributed by atoms with Crippen LogP contribution in [0.25, 0.3) is 0 Å². The maximum absolute atomic E-state index is 10.4. The fraction of sp³-hybridized carbons (Fsp3) is 0.800. The molecule has 0 heterocycles. The number of ketones is 1. The van der Waals surface area contributed by atoms with Crippen LogP contribution in [0.5, 0.6) is 0 Å². The molecular weight excluding hydrogens is 139 g/mol. The van der Waals surface area contributed by atoms with Crippen molar-refractivity contribution >= 4 is 23.6 Å². The van der Waals surface area contributed by atoms with E-state index in [9.17, 15) is 4.79 Å². The van der Waals surface area contributed by atoms with E-state index in [-0.39, 0.29) is 5.78 Å². The summed E-state index contributed by atoms with van der Waals surface area (Å²) in [4.78, 5) is 10.4. The number of Topliss-reactive ketones (excluding diaryl/α,β-unsaturated/α-hetero) is 1. The minimum absolute atomic E-state index is 0.221. The summed E-state index contributed by atoms with van der Waals surface area (Å²) in [5.41, 5.74) is 0. The molecule has 0 rings (SSSR count). The number of carbonyl (C=O) groups excluding carboxylic acids is 1. The Bertz CT molecular complexity index is 135. The Labute approximate surface area is 55.5 Å². The minimum Gasteiger partial charge on any atom is -0.300 e. The van der Waals surface area contributed by atoms with Crippen LogP contribution in [0, 0.1) is 0 Å². The molecule has 48 valence electrons. The Morgan fingerprint density at radius 2 is 2.00 bits per heavy atom. The van der Waals surface area contributed by atoms with Gasteiger partial charge in [0.05, 0.1) is 0 Å². The van der Waals surface area contributed by atoms with Gasteiger partial charge in [0, 0.05) is 6.16 Å². The van der Waals surface area contributed by atoms with Crippen LogP contribution < -0.4 is 0 Å². The van der Waals surface area contributed by atoms with E-state index in [2.05, 4.69) is 0 Å². The molecule has 0 saturated carbocycles. The maximum Gasteiger partial charge on any atom is 0.134 e. The topological polar surface area (TPSA) is 17.1 Å². The molecule has 0 aromatic carbocycles. The van der Waals surface area contributed by atoms with Crippen molar-refractivity contribution in [2.24, 2.45) is 0 Å². The molecule has 0 unspecified atom stereocenters. The van der Waals surface area contributed by atoms with Gasteiger partial charge in [0.1, 0.15) is 5.78 Å². The molecular formula is C5H11OPS. The summed E-state index contributed by atoms with van der Waals surface area (Å²) >= 11 is 5.05. The lowest BCUT2D eigenvalue weighted by Crippen LogP contribution is -1.96. The van der Waals surface area contributed by atoms with Gasteiger partial charge in [0.25, 0.3) is 0 Å². The van der Waals surface area contributed by atoms with Gasteiger partial charge in [-0.1, -0.05) is 11.8 Å². The second-order valence-corrected chi connectivity index (χ2v) is 8.86. The molecule has 0 saturated heterocycles. The van der Waals surface area contributed by atoms with Crippen LogP contribution in [0.4, 0.5) is 0 Å². The molecule has 0 aliphatic carbocycles. The van der Waals surface area contributed by atoms with E-state index in [1.807, 2.05) is 13.3 Å². The Morgan fingerprint density at radius 1 is 1.62 bits per heavy atom. The van der Waals surface area contributed by atoms with E-state index >= 15 is 0 Å². The minimum atomic E-state index is -1.24. The highest BCUT2D eigenvalue weighted by Gasteiger charge is 2.03. The van der Waals surface area contributed by atoms with Gasteiger partial charge in [0.2, 0.25) is 0 Å². The molecule has 8 heavy (non-hydrogen) atoms. The molecule has 0 spiro atoms. The van der Waals surface area contributed by atoms with Crippen molar-refractivity contribution in [3.8, 4) is 0 Å². The Balaban J connectivity index is 3.74. The first-order valence-corrected chi connectivity index (χ1v) is 6.33. The van der Waals surface area contributed by atoms with Crippen LogP contribution in [0.2, 0.25) is 0 Å². The molecule has 0 amide bonds.